The first kappa shape index (κ1) is 16.5. The van der Waals surface area contributed by atoms with Crippen LogP contribution in [0.3, 0.4) is 0 Å². The van der Waals surface area contributed by atoms with Gasteiger partial charge in [-0.25, -0.2) is 0 Å². The molecule has 5 heteroatoms. The first-order chi connectivity index (χ1) is 10.2. The fourth-order valence-corrected chi connectivity index (χ4v) is 2.73. The summed E-state index contributed by atoms with van der Waals surface area (Å²) in [4.78, 5) is 14.2. The van der Waals surface area contributed by atoms with Crippen LogP contribution in [0, 0.1) is 0 Å². The Kier molecular flexibility index (Phi) is 7.19. The lowest BCUT2D eigenvalue weighted by atomic mass is 10.1. The number of piperazine rings is 1. The van der Waals surface area contributed by atoms with E-state index in [0.29, 0.717) is 6.42 Å². The summed E-state index contributed by atoms with van der Waals surface area (Å²) >= 11 is 3.41. The number of amides is 1. The molecule has 0 radical (unpaired) electrons. The van der Waals surface area contributed by atoms with Gasteiger partial charge >= 0.3 is 0 Å². The molecule has 0 aliphatic carbocycles. The molecule has 0 bridgehead atoms. The van der Waals surface area contributed by atoms with Crippen LogP contribution < -0.4 is 10.6 Å². The van der Waals surface area contributed by atoms with Crippen molar-refractivity contribution in [1.29, 1.82) is 0 Å². The van der Waals surface area contributed by atoms with Crippen LogP contribution in [0.15, 0.2) is 28.7 Å². The zero-order valence-corrected chi connectivity index (χ0v) is 14.0. The Morgan fingerprint density at radius 2 is 1.95 bits per heavy atom. The zero-order chi connectivity index (χ0) is 14.9. The van der Waals surface area contributed by atoms with Gasteiger partial charge in [-0.05, 0) is 37.1 Å². The summed E-state index contributed by atoms with van der Waals surface area (Å²) in [6.45, 7) is 6.27. The number of hydrogen-bond donors (Lipinski definition) is 2. The predicted octanol–water partition coefficient (Wildman–Crippen LogP) is 1.79. The molecule has 1 aliphatic rings. The van der Waals surface area contributed by atoms with E-state index in [1.54, 1.807) is 0 Å². The topological polar surface area (TPSA) is 44.4 Å². The van der Waals surface area contributed by atoms with Crippen LogP contribution in [0.5, 0.6) is 0 Å². The van der Waals surface area contributed by atoms with Crippen LogP contribution in [0.2, 0.25) is 0 Å². The van der Waals surface area contributed by atoms with Crippen molar-refractivity contribution in [2.75, 3.05) is 39.3 Å². The molecule has 4 nitrogen and oxygen atoms in total. The maximum Gasteiger partial charge on any atom is 0.220 e. The number of rotatable bonds is 7. The summed E-state index contributed by atoms with van der Waals surface area (Å²) in [7, 11) is 0. The molecule has 1 aromatic carbocycles. The van der Waals surface area contributed by atoms with E-state index in [-0.39, 0.29) is 5.91 Å². The maximum atomic E-state index is 11.8. The highest BCUT2D eigenvalue weighted by Crippen LogP contribution is 2.11. The molecule has 2 N–H and O–H groups in total. The molecule has 0 spiro atoms. The van der Waals surface area contributed by atoms with Gasteiger partial charge in [0.2, 0.25) is 5.91 Å². The first-order valence-corrected chi connectivity index (χ1v) is 8.47. The Labute approximate surface area is 135 Å². The molecule has 1 aromatic rings. The molecule has 0 unspecified atom stereocenters. The van der Waals surface area contributed by atoms with Crippen LogP contribution in [-0.4, -0.2) is 50.1 Å². The van der Waals surface area contributed by atoms with Gasteiger partial charge in [-0.1, -0.05) is 28.1 Å². The SMILES string of the molecule is O=C(CCc1ccc(Br)cc1)NCCCN1CCNCC1. The minimum absolute atomic E-state index is 0.151. The number of nitrogens with zero attached hydrogens (tertiary/aromatic N) is 1. The zero-order valence-electron chi connectivity index (χ0n) is 12.4. The van der Waals surface area contributed by atoms with E-state index in [0.717, 1.165) is 56.6 Å². The standard InChI is InChI=1S/C16H24BrN3O/c17-15-5-2-14(3-6-15)4-7-16(21)19-8-1-11-20-12-9-18-10-13-20/h2-3,5-6,18H,1,4,7-13H2,(H,19,21). The number of aryl methyl sites for hydroxylation is 1. The van der Waals surface area contributed by atoms with E-state index in [2.05, 4.69) is 43.6 Å². The second-order valence-electron chi connectivity index (χ2n) is 5.42. The summed E-state index contributed by atoms with van der Waals surface area (Å²) < 4.78 is 1.07. The Bertz CT molecular complexity index is 430. The minimum atomic E-state index is 0.151. The van der Waals surface area contributed by atoms with Gasteiger partial charge < -0.3 is 15.5 Å². The van der Waals surface area contributed by atoms with Crippen molar-refractivity contribution in [2.24, 2.45) is 0 Å². The van der Waals surface area contributed by atoms with Gasteiger partial charge in [0.25, 0.3) is 0 Å². The van der Waals surface area contributed by atoms with Crippen LogP contribution in [0.1, 0.15) is 18.4 Å². The molecule has 1 saturated heterocycles. The molecule has 21 heavy (non-hydrogen) atoms. The summed E-state index contributed by atoms with van der Waals surface area (Å²) in [6.07, 6.45) is 2.40. The Morgan fingerprint density at radius 3 is 2.67 bits per heavy atom. The van der Waals surface area contributed by atoms with Gasteiger partial charge in [0.15, 0.2) is 0 Å². The molecule has 1 amide bonds. The Balaban J connectivity index is 1.54. The lowest BCUT2D eigenvalue weighted by Gasteiger charge is -2.27. The fraction of sp³-hybridized carbons (Fsp3) is 0.562. The van der Waals surface area contributed by atoms with E-state index in [4.69, 9.17) is 0 Å². The number of carbonyl (C=O) groups is 1. The number of benzene rings is 1. The lowest BCUT2D eigenvalue weighted by Crippen LogP contribution is -2.44. The smallest absolute Gasteiger partial charge is 0.220 e. The van der Waals surface area contributed by atoms with Gasteiger partial charge in [-0.2, -0.15) is 0 Å². The van der Waals surface area contributed by atoms with Gasteiger partial charge in [0, 0.05) is 43.6 Å². The quantitative estimate of drug-likeness (QED) is 0.734. The Hall–Kier alpha value is -0.910. The van der Waals surface area contributed by atoms with E-state index in [1.165, 1.54) is 5.56 Å². The predicted molar refractivity (Wildman–Crippen MR) is 89.4 cm³/mol. The summed E-state index contributed by atoms with van der Waals surface area (Å²) in [6, 6.07) is 8.14. The van der Waals surface area contributed by atoms with Crippen LogP contribution >= 0.6 is 15.9 Å². The second-order valence-corrected chi connectivity index (χ2v) is 6.34. The van der Waals surface area contributed by atoms with Crippen molar-refractivity contribution in [3.05, 3.63) is 34.3 Å². The van der Waals surface area contributed by atoms with Crippen LogP contribution in [0.25, 0.3) is 0 Å². The highest BCUT2D eigenvalue weighted by atomic mass is 79.9. The molecule has 1 aliphatic heterocycles. The van der Waals surface area contributed by atoms with Crippen molar-refractivity contribution < 1.29 is 4.79 Å². The van der Waals surface area contributed by atoms with Crippen molar-refractivity contribution >= 4 is 21.8 Å². The van der Waals surface area contributed by atoms with Gasteiger partial charge in [0.05, 0.1) is 0 Å². The fourth-order valence-electron chi connectivity index (χ4n) is 2.46. The summed E-state index contributed by atoms with van der Waals surface area (Å²) in [5, 5.41) is 6.36. The van der Waals surface area contributed by atoms with Crippen molar-refractivity contribution in [1.82, 2.24) is 15.5 Å². The van der Waals surface area contributed by atoms with Crippen molar-refractivity contribution in [2.45, 2.75) is 19.3 Å². The molecule has 0 aromatic heterocycles. The normalized spacial score (nSPS) is 15.9. The van der Waals surface area contributed by atoms with Crippen molar-refractivity contribution in [3.63, 3.8) is 0 Å². The largest absolute Gasteiger partial charge is 0.356 e. The van der Waals surface area contributed by atoms with Crippen molar-refractivity contribution in [3.8, 4) is 0 Å². The molecular weight excluding hydrogens is 330 g/mol. The summed E-state index contributed by atoms with van der Waals surface area (Å²) in [5.41, 5.74) is 1.20. The number of halogens is 1. The lowest BCUT2D eigenvalue weighted by molar-refractivity contribution is -0.121. The summed E-state index contributed by atoms with van der Waals surface area (Å²) in [5.74, 6) is 0.151. The number of hydrogen-bond acceptors (Lipinski definition) is 3. The van der Waals surface area contributed by atoms with E-state index >= 15 is 0 Å². The van der Waals surface area contributed by atoms with E-state index in [1.807, 2.05) is 12.1 Å². The molecule has 1 heterocycles. The van der Waals surface area contributed by atoms with Crippen LogP contribution in [-0.2, 0) is 11.2 Å². The highest BCUT2D eigenvalue weighted by molar-refractivity contribution is 9.10. The third-order valence-electron chi connectivity index (χ3n) is 3.74. The molecule has 2 rings (SSSR count). The maximum absolute atomic E-state index is 11.8. The molecule has 0 atom stereocenters. The Morgan fingerprint density at radius 1 is 1.24 bits per heavy atom. The monoisotopic (exact) mass is 353 g/mol. The third-order valence-corrected chi connectivity index (χ3v) is 4.27. The molecule has 116 valence electrons. The molecular formula is C16H24BrN3O. The minimum Gasteiger partial charge on any atom is -0.356 e. The van der Waals surface area contributed by atoms with Gasteiger partial charge in [-0.15, -0.1) is 0 Å². The molecule has 0 saturated carbocycles. The van der Waals surface area contributed by atoms with Gasteiger partial charge in [0.1, 0.15) is 0 Å². The van der Waals surface area contributed by atoms with E-state index in [9.17, 15) is 4.79 Å². The average molecular weight is 354 g/mol. The average Bonchev–Trinajstić information content (AvgIpc) is 2.52. The third kappa shape index (κ3) is 6.59. The number of nitrogens with one attached hydrogen (secondary N) is 2. The highest BCUT2D eigenvalue weighted by Gasteiger charge is 2.08. The first-order valence-electron chi connectivity index (χ1n) is 7.68. The van der Waals surface area contributed by atoms with Crippen LogP contribution in [0.4, 0.5) is 0 Å². The van der Waals surface area contributed by atoms with Gasteiger partial charge in [-0.3, -0.25) is 4.79 Å². The van der Waals surface area contributed by atoms with E-state index < -0.39 is 0 Å². The number of carbonyl (C=O) groups excluding carboxylic acids is 1. The molecule has 1 fully saturated rings. The second kappa shape index (κ2) is 9.18.